The summed E-state index contributed by atoms with van der Waals surface area (Å²) in [6, 6.07) is 7.79. The Hall–Kier alpha value is -1.81. The van der Waals surface area contributed by atoms with E-state index in [9.17, 15) is 9.90 Å². The number of aromatic amines is 1. The third-order valence-corrected chi connectivity index (χ3v) is 4.17. The predicted molar refractivity (Wildman–Crippen MR) is 78.7 cm³/mol. The zero-order chi connectivity index (χ0) is 13.9. The molecule has 2 aromatic rings. The molecule has 1 aliphatic heterocycles. The molecule has 1 aliphatic rings. The summed E-state index contributed by atoms with van der Waals surface area (Å²) >= 11 is 0. The number of H-pyrrole nitrogens is 1. The van der Waals surface area contributed by atoms with E-state index >= 15 is 0 Å². The van der Waals surface area contributed by atoms with Gasteiger partial charge in [-0.1, -0.05) is 31.0 Å². The number of carbonyl (C=O) groups is 1. The SMILES string of the molecule is O=C(c1c[nH]c2ccccc12)N1CCCCCC1CO. The first kappa shape index (κ1) is 13.2. The topological polar surface area (TPSA) is 56.3 Å². The van der Waals surface area contributed by atoms with Crippen LogP contribution in [0.1, 0.15) is 36.0 Å². The minimum absolute atomic E-state index is 0.0309. The van der Waals surface area contributed by atoms with E-state index in [-0.39, 0.29) is 18.6 Å². The second-order valence-electron chi connectivity index (χ2n) is 5.43. The molecule has 1 fully saturated rings. The number of likely N-dealkylation sites (tertiary alicyclic amines) is 1. The number of hydrogen-bond acceptors (Lipinski definition) is 2. The maximum Gasteiger partial charge on any atom is 0.256 e. The molecule has 0 aliphatic carbocycles. The van der Waals surface area contributed by atoms with Crippen molar-refractivity contribution in [2.24, 2.45) is 0 Å². The molecule has 0 saturated carbocycles. The van der Waals surface area contributed by atoms with Crippen LogP contribution in [0.25, 0.3) is 10.9 Å². The minimum atomic E-state index is -0.0429. The van der Waals surface area contributed by atoms with Gasteiger partial charge < -0.3 is 15.0 Å². The highest BCUT2D eigenvalue weighted by Gasteiger charge is 2.27. The molecular formula is C16H20N2O2. The number of benzene rings is 1. The molecular weight excluding hydrogens is 252 g/mol. The molecule has 1 aromatic heterocycles. The monoisotopic (exact) mass is 272 g/mol. The smallest absolute Gasteiger partial charge is 0.256 e. The molecule has 1 unspecified atom stereocenters. The van der Waals surface area contributed by atoms with Crippen LogP contribution in [-0.4, -0.2) is 40.1 Å². The summed E-state index contributed by atoms with van der Waals surface area (Å²) in [6.07, 6.45) is 5.92. The number of amides is 1. The molecule has 4 nitrogen and oxygen atoms in total. The van der Waals surface area contributed by atoms with Gasteiger partial charge in [0.05, 0.1) is 18.2 Å². The number of nitrogens with zero attached hydrogens (tertiary/aromatic N) is 1. The molecule has 1 aromatic carbocycles. The Morgan fingerprint density at radius 3 is 3.00 bits per heavy atom. The van der Waals surface area contributed by atoms with E-state index in [0.717, 1.165) is 43.1 Å². The van der Waals surface area contributed by atoms with Crippen LogP contribution in [-0.2, 0) is 0 Å². The van der Waals surface area contributed by atoms with Gasteiger partial charge in [0.15, 0.2) is 0 Å². The van der Waals surface area contributed by atoms with Crippen molar-refractivity contribution in [1.29, 1.82) is 0 Å². The molecule has 106 valence electrons. The maximum absolute atomic E-state index is 12.8. The van der Waals surface area contributed by atoms with Crippen LogP contribution < -0.4 is 0 Å². The van der Waals surface area contributed by atoms with Crippen LogP contribution in [0.5, 0.6) is 0 Å². The normalized spacial score (nSPS) is 20.1. The molecule has 20 heavy (non-hydrogen) atoms. The van der Waals surface area contributed by atoms with Gasteiger partial charge in [0, 0.05) is 23.6 Å². The lowest BCUT2D eigenvalue weighted by molar-refractivity contribution is 0.0602. The van der Waals surface area contributed by atoms with Gasteiger partial charge in [0.1, 0.15) is 0 Å². The highest BCUT2D eigenvalue weighted by Crippen LogP contribution is 2.23. The van der Waals surface area contributed by atoms with Gasteiger partial charge in [0.2, 0.25) is 0 Å². The molecule has 2 N–H and O–H groups in total. The first-order chi connectivity index (χ1) is 9.81. The van der Waals surface area contributed by atoms with Gasteiger partial charge in [-0.3, -0.25) is 4.79 Å². The van der Waals surface area contributed by atoms with Crippen molar-refractivity contribution >= 4 is 16.8 Å². The number of nitrogens with one attached hydrogen (secondary N) is 1. The van der Waals surface area contributed by atoms with Gasteiger partial charge in [-0.15, -0.1) is 0 Å². The van der Waals surface area contributed by atoms with E-state index in [4.69, 9.17) is 0 Å². The zero-order valence-electron chi connectivity index (χ0n) is 11.5. The first-order valence-corrected chi connectivity index (χ1v) is 7.29. The fourth-order valence-corrected chi connectivity index (χ4v) is 3.04. The Kier molecular flexibility index (Phi) is 3.74. The minimum Gasteiger partial charge on any atom is -0.394 e. The van der Waals surface area contributed by atoms with Crippen molar-refractivity contribution in [1.82, 2.24) is 9.88 Å². The average molecular weight is 272 g/mol. The lowest BCUT2D eigenvalue weighted by atomic mass is 10.1. The maximum atomic E-state index is 12.8. The standard InChI is InChI=1S/C16H20N2O2/c19-11-12-6-2-1-5-9-18(12)16(20)14-10-17-15-8-4-3-7-13(14)15/h3-4,7-8,10,12,17,19H,1-2,5-6,9,11H2. The summed E-state index contributed by atoms with van der Waals surface area (Å²) in [5.41, 5.74) is 1.69. The summed E-state index contributed by atoms with van der Waals surface area (Å²) in [5.74, 6) is 0.0309. The van der Waals surface area contributed by atoms with Crippen molar-refractivity contribution in [3.8, 4) is 0 Å². The fourth-order valence-electron chi connectivity index (χ4n) is 3.04. The molecule has 3 rings (SSSR count). The van der Waals surface area contributed by atoms with Crippen LogP contribution in [0.15, 0.2) is 30.5 Å². The Morgan fingerprint density at radius 1 is 1.30 bits per heavy atom. The molecule has 1 saturated heterocycles. The van der Waals surface area contributed by atoms with E-state index in [1.54, 1.807) is 6.20 Å². The molecule has 1 amide bonds. The Balaban J connectivity index is 1.94. The molecule has 2 heterocycles. The second kappa shape index (κ2) is 5.67. The summed E-state index contributed by atoms with van der Waals surface area (Å²) in [5, 5.41) is 10.5. The van der Waals surface area contributed by atoms with Gasteiger partial charge in [-0.25, -0.2) is 0 Å². The van der Waals surface area contributed by atoms with E-state index in [1.807, 2.05) is 29.2 Å². The molecule has 1 atom stereocenters. The summed E-state index contributed by atoms with van der Waals surface area (Å²) in [6.45, 7) is 0.789. The quantitative estimate of drug-likeness (QED) is 0.882. The molecule has 0 spiro atoms. The Labute approximate surface area is 118 Å². The number of para-hydroxylation sites is 1. The van der Waals surface area contributed by atoms with Gasteiger partial charge in [-0.2, -0.15) is 0 Å². The Morgan fingerprint density at radius 2 is 2.15 bits per heavy atom. The highest BCUT2D eigenvalue weighted by atomic mass is 16.3. The highest BCUT2D eigenvalue weighted by molar-refractivity contribution is 6.06. The number of fused-ring (bicyclic) bond motifs is 1. The van der Waals surface area contributed by atoms with Crippen molar-refractivity contribution in [2.75, 3.05) is 13.2 Å². The number of aliphatic hydroxyl groups excluding tert-OH is 1. The fraction of sp³-hybridized carbons (Fsp3) is 0.438. The summed E-state index contributed by atoms with van der Waals surface area (Å²) in [7, 11) is 0. The lowest BCUT2D eigenvalue weighted by Gasteiger charge is -2.28. The van der Waals surface area contributed by atoms with Gasteiger partial charge >= 0.3 is 0 Å². The lowest BCUT2D eigenvalue weighted by Crippen LogP contribution is -2.42. The van der Waals surface area contributed by atoms with Gasteiger partial charge in [-0.05, 0) is 18.9 Å². The molecule has 0 radical (unpaired) electrons. The third-order valence-electron chi connectivity index (χ3n) is 4.17. The molecule has 4 heteroatoms. The number of aromatic nitrogens is 1. The van der Waals surface area contributed by atoms with Gasteiger partial charge in [0.25, 0.3) is 5.91 Å². The van der Waals surface area contributed by atoms with Crippen LogP contribution in [0, 0.1) is 0 Å². The summed E-state index contributed by atoms with van der Waals surface area (Å²) < 4.78 is 0. The van der Waals surface area contributed by atoms with Crippen molar-refractivity contribution in [2.45, 2.75) is 31.7 Å². The molecule has 0 bridgehead atoms. The van der Waals surface area contributed by atoms with E-state index < -0.39 is 0 Å². The largest absolute Gasteiger partial charge is 0.394 e. The van der Waals surface area contributed by atoms with E-state index in [0.29, 0.717) is 5.56 Å². The van der Waals surface area contributed by atoms with Crippen molar-refractivity contribution in [3.05, 3.63) is 36.0 Å². The first-order valence-electron chi connectivity index (χ1n) is 7.29. The predicted octanol–water partition coefficient (Wildman–Crippen LogP) is 2.55. The van der Waals surface area contributed by atoms with Crippen molar-refractivity contribution < 1.29 is 9.90 Å². The number of rotatable bonds is 2. The number of hydrogen-bond donors (Lipinski definition) is 2. The van der Waals surface area contributed by atoms with Crippen LogP contribution in [0.4, 0.5) is 0 Å². The van der Waals surface area contributed by atoms with Crippen LogP contribution >= 0.6 is 0 Å². The second-order valence-corrected chi connectivity index (χ2v) is 5.43. The van der Waals surface area contributed by atoms with E-state index in [2.05, 4.69) is 4.98 Å². The van der Waals surface area contributed by atoms with Crippen LogP contribution in [0.2, 0.25) is 0 Å². The third kappa shape index (κ3) is 2.31. The summed E-state index contributed by atoms with van der Waals surface area (Å²) in [4.78, 5) is 17.8. The van der Waals surface area contributed by atoms with Crippen LogP contribution in [0.3, 0.4) is 0 Å². The Bertz CT molecular complexity index is 605. The van der Waals surface area contributed by atoms with Crippen molar-refractivity contribution in [3.63, 3.8) is 0 Å². The number of carbonyl (C=O) groups excluding carboxylic acids is 1. The van der Waals surface area contributed by atoms with E-state index in [1.165, 1.54) is 0 Å². The zero-order valence-corrected chi connectivity index (χ0v) is 11.5. The number of aliphatic hydroxyl groups is 1. The average Bonchev–Trinajstić information content (AvgIpc) is 2.76.